The van der Waals surface area contributed by atoms with Crippen LogP contribution in [-0.4, -0.2) is 53.1 Å². The lowest BCUT2D eigenvalue weighted by Gasteiger charge is -2.34. The van der Waals surface area contributed by atoms with E-state index in [0.29, 0.717) is 42.7 Å². The van der Waals surface area contributed by atoms with Gasteiger partial charge in [0.15, 0.2) is 11.5 Å². The number of anilines is 2. The van der Waals surface area contributed by atoms with E-state index in [1.807, 2.05) is 4.90 Å². The molecule has 1 N–H and O–H groups in total. The first-order valence-corrected chi connectivity index (χ1v) is 8.32. The van der Waals surface area contributed by atoms with Gasteiger partial charge in [-0.2, -0.15) is 0 Å². The lowest BCUT2D eigenvalue weighted by atomic mass is 10.3. The molecule has 7 nitrogen and oxygen atoms in total. The van der Waals surface area contributed by atoms with Crippen LogP contribution < -0.4 is 10.2 Å². The van der Waals surface area contributed by atoms with Crippen LogP contribution in [0.2, 0.25) is 5.02 Å². The van der Waals surface area contributed by atoms with E-state index >= 15 is 0 Å². The Morgan fingerprint density at radius 2 is 1.76 bits per heavy atom. The smallest absolute Gasteiger partial charge is 0.276 e. The van der Waals surface area contributed by atoms with Crippen LogP contribution in [0, 0.1) is 0 Å². The molecule has 0 bridgehead atoms. The zero-order chi connectivity index (χ0) is 17.8. The molecule has 2 amide bonds. The first kappa shape index (κ1) is 17.2. The summed E-state index contributed by atoms with van der Waals surface area (Å²) >= 11 is 6.03. The highest BCUT2D eigenvalue weighted by molar-refractivity contribution is 6.33. The van der Waals surface area contributed by atoms with Crippen LogP contribution in [-0.2, 0) is 4.79 Å². The normalized spacial score (nSPS) is 14.3. The summed E-state index contributed by atoms with van der Waals surface area (Å²) in [5, 5.41) is 11.3. The number of aromatic nitrogens is 2. The molecule has 1 aromatic carbocycles. The third kappa shape index (κ3) is 4.06. The Kier molecular flexibility index (Phi) is 5.14. The highest BCUT2D eigenvalue weighted by atomic mass is 35.5. The van der Waals surface area contributed by atoms with Crippen LogP contribution in [0.4, 0.5) is 11.5 Å². The number of piperazine rings is 1. The molecular formula is C17H18ClN5O2. The lowest BCUT2D eigenvalue weighted by molar-refractivity contribution is -0.129. The number of halogens is 1. The monoisotopic (exact) mass is 359 g/mol. The molecule has 0 spiro atoms. The third-order valence-electron chi connectivity index (χ3n) is 4.05. The number of amides is 2. The molecule has 0 saturated carbocycles. The second-order valence-corrected chi connectivity index (χ2v) is 6.11. The minimum atomic E-state index is -0.367. The van der Waals surface area contributed by atoms with Crippen molar-refractivity contribution in [3.8, 4) is 0 Å². The van der Waals surface area contributed by atoms with Gasteiger partial charge in [-0.15, -0.1) is 10.2 Å². The van der Waals surface area contributed by atoms with Gasteiger partial charge < -0.3 is 15.1 Å². The number of nitrogens with zero attached hydrogens (tertiary/aromatic N) is 4. The molecule has 0 aliphatic carbocycles. The van der Waals surface area contributed by atoms with Crippen LogP contribution in [0.5, 0.6) is 0 Å². The molecular weight excluding hydrogens is 342 g/mol. The van der Waals surface area contributed by atoms with Gasteiger partial charge in [0.25, 0.3) is 5.91 Å². The fourth-order valence-corrected chi connectivity index (χ4v) is 2.80. The fraction of sp³-hybridized carbons (Fsp3) is 0.294. The topological polar surface area (TPSA) is 78.4 Å². The SMILES string of the molecule is CC(=O)N1CCN(c2ccc(C(=O)Nc3ccccc3Cl)nn2)CC1. The summed E-state index contributed by atoms with van der Waals surface area (Å²) in [6.07, 6.45) is 0. The van der Waals surface area contributed by atoms with Gasteiger partial charge in [-0.3, -0.25) is 9.59 Å². The number of carbonyl (C=O) groups excluding carboxylic acids is 2. The van der Waals surface area contributed by atoms with Crippen LogP contribution in [0.3, 0.4) is 0 Å². The van der Waals surface area contributed by atoms with Gasteiger partial charge in [-0.05, 0) is 24.3 Å². The predicted molar refractivity (Wildman–Crippen MR) is 95.9 cm³/mol. The molecule has 130 valence electrons. The first-order valence-electron chi connectivity index (χ1n) is 7.94. The average Bonchev–Trinajstić information content (AvgIpc) is 2.64. The number of hydrogen-bond donors (Lipinski definition) is 1. The number of benzene rings is 1. The summed E-state index contributed by atoms with van der Waals surface area (Å²) in [5.74, 6) is 0.406. The Morgan fingerprint density at radius 3 is 2.36 bits per heavy atom. The zero-order valence-corrected chi connectivity index (χ0v) is 14.5. The molecule has 0 unspecified atom stereocenters. The molecule has 8 heteroatoms. The molecule has 2 heterocycles. The van der Waals surface area contributed by atoms with Crippen molar-refractivity contribution in [2.24, 2.45) is 0 Å². The second-order valence-electron chi connectivity index (χ2n) is 5.70. The van der Waals surface area contributed by atoms with E-state index in [-0.39, 0.29) is 17.5 Å². The first-order chi connectivity index (χ1) is 12.0. The molecule has 1 aromatic heterocycles. The van der Waals surface area contributed by atoms with Crippen molar-refractivity contribution >= 4 is 34.9 Å². The van der Waals surface area contributed by atoms with E-state index in [2.05, 4.69) is 15.5 Å². The molecule has 3 rings (SSSR count). The van der Waals surface area contributed by atoms with Crippen molar-refractivity contribution in [1.82, 2.24) is 15.1 Å². The fourth-order valence-electron chi connectivity index (χ4n) is 2.61. The summed E-state index contributed by atoms with van der Waals surface area (Å²) in [6.45, 7) is 4.28. The van der Waals surface area contributed by atoms with Gasteiger partial charge in [0.1, 0.15) is 0 Å². The van der Waals surface area contributed by atoms with Gasteiger partial charge in [-0.1, -0.05) is 23.7 Å². The molecule has 1 fully saturated rings. The van der Waals surface area contributed by atoms with E-state index < -0.39 is 0 Å². The molecule has 25 heavy (non-hydrogen) atoms. The summed E-state index contributed by atoms with van der Waals surface area (Å²) in [7, 11) is 0. The Hall–Kier alpha value is -2.67. The molecule has 2 aromatic rings. The van der Waals surface area contributed by atoms with Crippen LogP contribution in [0.1, 0.15) is 17.4 Å². The Bertz CT molecular complexity index is 773. The number of hydrogen-bond acceptors (Lipinski definition) is 5. The third-order valence-corrected chi connectivity index (χ3v) is 4.38. The molecule has 0 radical (unpaired) electrons. The van der Waals surface area contributed by atoms with Crippen LogP contribution >= 0.6 is 11.6 Å². The second kappa shape index (κ2) is 7.48. The van der Waals surface area contributed by atoms with Crippen molar-refractivity contribution in [3.63, 3.8) is 0 Å². The Balaban J connectivity index is 1.63. The van der Waals surface area contributed by atoms with Crippen molar-refractivity contribution in [3.05, 3.63) is 47.1 Å². The van der Waals surface area contributed by atoms with E-state index in [1.165, 1.54) is 0 Å². The molecule has 1 aliphatic rings. The van der Waals surface area contributed by atoms with E-state index in [9.17, 15) is 9.59 Å². The van der Waals surface area contributed by atoms with E-state index in [4.69, 9.17) is 11.6 Å². The zero-order valence-electron chi connectivity index (χ0n) is 13.8. The summed E-state index contributed by atoms with van der Waals surface area (Å²) in [4.78, 5) is 27.4. The minimum Gasteiger partial charge on any atom is -0.352 e. The molecule has 0 atom stereocenters. The average molecular weight is 360 g/mol. The maximum Gasteiger partial charge on any atom is 0.276 e. The van der Waals surface area contributed by atoms with Crippen molar-refractivity contribution < 1.29 is 9.59 Å². The Labute approximate surface area is 150 Å². The molecule has 1 aliphatic heterocycles. The van der Waals surface area contributed by atoms with Gasteiger partial charge in [0.05, 0.1) is 10.7 Å². The highest BCUT2D eigenvalue weighted by Gasteiger charge is 2.20. The number of carbonyl (C=O) groups is 2. The Morgan fingerprint density at radius 1 is 1.04 bits per heavy atom. The van der Waals surface area contributed by atoms with Crippen LogP contribution in [0.25, 0.3) is 0 Å². The lowest BCUT2D eigenvalue weighted by Crippen LogP contribution is -2.48. The van der Waals surface area contributed by atoms with E-state index in [0.717, 1.165) is 0 Å². The van der Waals surface area contributed by atoms with Gasteiger partial charge >= 0.3 is 0 Å². The quantitative estimate of drug-likeness (QED) is 0.907. The highest BCUT2D eigenvalue weighted by Crippen LogP contribution is 2.21. The maximum atomic E-state index is 12.2. The number of nitrogens with one attached hydrogen (secondary N) is 1. The maximum absolute atomic E-state index is 12.2. The summed E-state index contributed by atoms with van der Waals surface area (Å²) in [5.41, 5.74) is 0.742. The summed E-state index contributed by atoms with van der Waals surface area (Å²) < 4.78 is 0. The standard InChI is InChI=1S/C17H18ClN5O2/c1-12(24)22-8-10-23(11-9-22)16-7-6-15(20-21-16)17(25)19-14-5-3-2-4-13(14)18/h2-7H,8-11H2,1H3,(H,19,25). The number of para-hydroxylation sites is 1. The van der Waals surface area contributed by atoms with Crippen LogP contribution in [0.15, 0.2) is 36.4 Å². The van der Waals surface area contributed by atoms with Crippen molar-refractivity contribution in [2.45, 2.75) is 6.92 Å². The molecule has 1 saturated heterocycles. The minimum absolute atomic E-state index is 0.0809. The van der Waals surface area contributed by atoms with Crippen molar-refractivity contribution in [1.29, 1.82) is 0 Å². The van der Waals surface area contributed by atoms with Gasteiger partial charge in [-0.25, -0.2) is 0 Å². The predicted octanol–water partition coefficient (Wildman–Crippen LogP) is 2.05. The van der Waals surface area contributed by atoms with E-state index in [1.54, 1.807) is 48.2 Å². The van der Waals surface area contributed by atoms with Crippen molar-refractivity contribution in [2.75, 3.05) is 36.4 Å². The number of rotatable bonds is 3. The summed E-state index contributed by atoms with van der Waals surface area (Å²) in [6, 6.07) is 10.4. The largest absolute Gasteiger partial charge is 0.352 e. The van der Waals surface area contributed by atoms with Gasteiger partial charge in [0.2, 0.25) is 5.91 Å². The van der Waals surface area contributed by atoms with Gasteiger partial charge in [0, 0.05) is 33.1 Å².